The molecule has 0 bridgehead atoms. The number of ether oxygens (including phenoxy) is 3. The molecule has 5 heteroatoms. The molecule has 0 fully saturated rings. The quantitative estimate of drug-likeness (QED) is 0.296. The standard InChI is InChI=1S/C22H21NO4/c1-3-15-26-19-10-6-17(7-11-19)9-13-22(24)27-20-12-8-18(5-4-14-23)16-21(20)25-2/h4-13,16H,3,15H2,1-2H3/b5-4-,13-9+. The summed E-state index contributed by atoms with van der Waals surface area (Å²) in [6.07, 6.45) is 6.98. The van der Waals surface area contributed by atoms with Gasteiger partial charge in [-0.15, -0.1) is 0 Å². The van der Waals surface area contributed by atoms with Gasteiger partial charge < -0.3 is 14.2 Å². The molecule has 0 amide bonds. The molecule has 0 aromatic heterocycles. The Morgan fingerprint density at radius 2 is 1.81 bits per heavy atom. The minimum atomic E-state index is -0.514. The maximum Gasteiger partial charge on any atom is 0.336 e. The van der Waals surface area contributed by atoms with Crippen LogP contribution >= 0.6 is 0 Å². The van der Waals surface area contributed by atoms with Crippen molar-refractivity contribution in [2.24, 2.45) is 0 Å². The molecule has 0 aliphatic rings. The fourth-order valence-electron chi connectivity index (χ4n) is 2.21. The Kier molecular flexibility index (Phi) is 7.68. The molecule has 0 spiro atoms. The first-order chi connectivity index (χ1) is 13.2. The first-order valence-electron chi connectivity index (χ1n) is 8.53. The van der Waals surface area contributed by atoms with Gasteiger partial charge in [-0.1, -0.05) is 25.1 Å². The van der Waals surface area contributed by atoms with E-state index in [1.807, 2.05) is 37.3 Å². The number of hydrogen-bond donors (Lipinski definition) is 0. The van der Waals surface area contributed by atoms with Gasteiger partial charge in [0.05, 0.1) is 19.8 Å². The first-order valence-corrected chi connectivity index (χ1v) is 8.53. The highest BCUT2D eigenvalue weighted by Gasteiger charge is 2.08. The molecule has 0 N–H and O–H groups in total. The normalized spacial score (nSPS) is 10.7. The molecule has 27 heavy (non-hydrogen) atoms. The molecular formula is C22H21NO4. The van der Waals surface area contributed by atoms with Gasteiger partial charge in [0.2, 0.25) is 0 Å². The lowest BCUT2D eigenvalue weighted by Crippen LogP contribution is -2.05. The van der Waals surface area contributed by atoms with Crippen molar-refractivity contribution in [3.63, 3.8) is 0 Å². The topological polar surface area (TPSA) is 68.5 Å². The molecule has 0 aliphatic carbocycles. The second-order valence-corrected chi connectivity index (χ2v) is 5.54. The van der Waals surface area contributed by atoms with E-state index in [4.69, 9.17) is 19.5 Å². The largest absolute Gasteiger partial charge is 0.494 e. The van der Waals surface area contributed by atoms with E-state index in [1.165, 1.54) is 19.3 Å². The van der Waals surface area contributed by atoms with E-state index >= 15 is 0 Å². The fraction of sp³-hybridized carbons (Fsp3) is 0.182. The minimum absolute atomic E-state index is 0.310. The van der Waals surface area contributed by atoms with Gasteiger partial charge in [-0.25, -0.2) is 4.79 Å². The molecule has 0 unspecified atom stereocenters. The zero-order valence-electron chi connectivity index (χ0n) is 15.3. The van der Waals surface area contributed by atoms with E-state index in [0.29, 0.717) is 18.1 Å². The first kappa shape index (κ1) is 19.8. The van der Waals surface area contributed by atoms with Crippen LogP contribution in [0.3, 0.4) is 0 Å². The van der Waals surface area contributed by atoms with Gasteiger partial charge >= 0.3 is 5.97 Å². The van der Waals surface area contributed by atoms with E-state index < -0.39 is 5.97 Å². The van der Waals surface area contributed by atoms with E-state index in [-0.39, 0.29) is 0 Å². The van der Waals surface area contributed by atoms with Crippen molar-refractivity contribution in [2.75, 3.05) is 13.7 Å². The highest BCUT2D eigenvalue weighted by atomic mass is 16.6. The summed E-state index contributed by atoms with van der Waals surface area (Å²) < 4.78 is 16.1. The lowest BCUT2D eigenvalue weighted by Gasteiger charge is -2.08. The molecule has 2 aromatic carbocycles. The molecule has 0 aliphatic heterocycles. The van der Waals surface area contributed by atoms with Crippen molar-refractivity contribution >= 4 is 18.1 Å². The number of carbonyl (C=O) groups is 1. The molecule has 5 nitrogen and oxygen atoms in total. The van der Waals surface area contributed by atoms with Crippen LogP contribution in [0.25, 0.3) is 12.2 Å². The Morgan fingerprint density at radius 3 is 2.48 bits per heavy atom. The number of methoxy groups -OCH3 is 1. The number of nitriles is 1. The smallest absolute Gasteiger partial charge is 0.336 e. The van der Waals surface area contributed by atoms with Crippen LogP contribution in [0.4, 0.5) is 0 Å². The monoisotopic (exact) mass is 363 g/mol. The third-order valence-electron chi connectivity index (χ3n) is 3.51. The predicted octanol–water partition coefficient (Wildman–Crippen LogP) is 4.64. The van der Waals surface area contributed by atoms with Crippen LogP contribution in [0.15, 0.2) is 54.6 Å². The van der Waals surface area contributed by atoms with Crippen molar-refractivity contribution in [3.05, 3.63) is 65.7 Å². The highest BCUT2D eigenvalue weighted by molar-refractivity contribution is 5.89. The summed E-state index contributed by atoms with van der Waals surface area (Å²) >= 11 is 0. The maximum atomic E-state index is 12.1. The van der Waals surface area contributed by atoms with Crippen molar-refractivity contribution in [1.82, 2.24) is 0 Å². The Labute approximate surface area is 159 Å². The van der Waals surface area contributed by atoms with Crippen LogP contribution in [0, 0.1) is 11.3 Å². The number of carbonyl (C=O) groups excluding carboxylic acids is 1. The third-order valence-corrected chi connectivity index (χ3v) is 3.51. The average molecular weight is 363 g/mol. The molecule has 138 valence electrons. The molecule has 0 radical (unpaired) electrons. The van der Waals surface area contributed by atoms with Gasteiger partial charge in [0, 0.05) is 12.2 Å². The Balaban J connectivity index is 2.01. The van der Waals surface area contributed by atoms with Crippen molar-refractivity contribution in [3.8, 4) is 23.3 Å². The fourth-order valence-corrected chi connectivity index (χ4v) is 2.21. The van der Waals surface area contributed by atoms with Crippen LogP contribution in [0.1, 0.15) is 24.5 Å². The second kappa shape index (κ2) is 10.5. The number of rotatable bonds is 8. The summed E-state index contributed by atoms with van der Waals surface area (Å²) in [4.78, 5) is 12.1. The van der Waals surface area contributed by atoms with Gasteiger partial charge in [-0.2, -0.15) is 5.26 Å². The van der Waals surface area contributed by atoms with E-state index in [9.17, 15) is 4.79 Å². The number of hydrogen-bond acceptors (Lipinski definition) is 5. The number of allylic oxidation sites excluding steroid dienone is 1. The molecule has 2 aromatic rings. The Morgan fingerprint density at radius 1 is 1.07 bits per heavy atom. The Bertz CT molecular complexity index is 861. The average Bonchev–Trinajstić information content (AvgIpc) is 2.70. The van der Waals surface area contributed by atoms with E-state index in [1.54, 1.807) is 30.4 Å². The zero-order valence-corrected chi connectivity index (χ0v) is 15.3. The number of esters is 1. The maximum absolute atomic E-state index is 12.1. The highest BCUT2D eigenvalue weighted by Crippen LogP contribution is 2.28. The summed E-state index contributed by atoms with van der Waals surface area (Å²) in [7, 11) is 1.49. The predicted molar refractivity (Wildman–Crippen MR) is 105 cm³/mol. The van der Waals surface area contributed by atoms with Gasteiger partial charge in [-0.3, -0.25) is 0 Å². The minimum Gasteiger partial charge on any atom is -0.494 e. The van der Waals surface area contributed by atoms with Gasteiger partial charge in [-0.05, 0) is 54.0 Å². The molecule has 0 atom stereocenters. The van der Waals surface area contributed by atoms with E-state index in [2.05, 4.69) is 0 Å². The summed E-state index contributed by atoms with van der Waals surface area (Å²) in [5.41, 5.74) is 1.63. The van der Waals surface area contributed by atoms with Crippen LogP contribution in [-0.2, 0) is 4.79 Å². The molecule has 0 saturated carbocycles. The molecule has 0 saturated heterocycles. The third kappa shape index (κ3) is 6.37. The number of nitrogens with zero attached hydrogens (tertiary/aromatic N) is 1. The van der Waals surface area contributed by atoms with Crippen LogP contribution in [-0.4, -0.2) is 19.7 Å². The summed E-state index contributed by atoms with van der Waals surface area (Å²) in [6, 6.07) is 14.4. The van der Waals surface area contributed by atoms with Crippen LogP contribution in [0.2, 0.25) is 0 Å². The van der Waals surface area contributed by atoms with Crippen molar-refractivity contribution < 1.29 is 19.0 Å². The van der Waals surface area contributed by atoms with Crippen LogP contribution < -0.4 is 14.2 Å². The summed E-state index contributed by atoms with van der Waals surface area (Å²) in [6.45, 7) is 2.72. The molecule has 2 rings (SSSR count). The summed E-state index contributed by atoms with van der Waals surface area (Å²) in [5.74, 6) is 1.01. The van der Waals surface area contributed by atoms with Gasteiger partial charge in [0.15, 0.2) is 11.5 Å². The molecule has 0 heterocycles. The second-order valence-electron chi connectivity index (χ2n) is 5.54. The van der Waals surface area contributed by atoms with E-state index in [0.717, 1.165) is 23.3 Å². The van der Waals surface area contributed by atoms with Gasteiger partial charge in [0.1, 0.15) is 5.75 Å². The number of benzene rings is 2. The lowest BCUT2D eigenvalue weighted by atomic mass is 10.2. The van der Waals surface area contributed by atoms with Crippen molar-refractivity contribution in [1.29, 1.82) is 5.26 Å². The Hall–Kier alpha value is -3.52. The van der Waals surface area contributed by atoms with Crippen LogP contribution in [0.5, 0.6) is 17.2 Å². The lowest BCUT2D eigenvalue weighted by molar-refractivity contribution is -0.129. The summed E-state index contributed by atoms with van der Waals surface area (Å²) in [5, 5.41) is 8.58. The zero-order chi connectivity index (χ0) is 19.5. The SMILES string of the molecule is CCCOc1ccc(/C=C/C(=O)Oc2ccc(/C=C\C#N)cc2OC)cc1. The van der Waals surface area contributed by atoms with Crippen molar-refractivity contribution in [2.45, 2.75) is 13.3 Å². The van der Waals surface area contributed by atoms with Gasteiger partial charge in [0.25, 0.3) is 0 Å². The molecular weight excluding hydrogens is 342 g/mol.